The second-order valence-corrected chi connectivity index (χ2v) is 9.49. The number of hydrogen-bond donors (Lipinski definition) is 2. The summed E-state index contributed by atoms with van der Waals surface area (Å²) in [7, 11) is -3.80. The summed E-state index contributed by atoms with van der Waals surface area (Å²) in [5.74, 6) is -0.453. The first kappa shape index (κ1) is 22.8. The first-order valence-corrected chi connectivity index (χ1v) is 11.9. The van der Waals surface area contributed by atoms with Crippen molar-refractivity contribution in [3.63, 3.8) is 0 Å². The number of aromatic nitrogens is 1. The molecule has 0 fully saturated rings. The van der Waals surface area contributed by atoms with E-state index in [1.165, 1.54) is 6.92 Å². The number of nitrogens with one attached hydrogen (secondary N) is 1. The van der Waals surface area contributed by atoms with E-state index in [9.17, 15) is 18.3 Å². The van der Waals surface area contributed by atoms with Crippen molar-refractivity contribution in [1.82, 2.24) is 4.98 Å². The number of amides is 1. The van der Waals surface area contributed by atoms with Gasteiger partial charge in [-0.25, -0.2) is 8.42 Å². The largest absolute Gasteiger partial charge is 0.494 e. The molecule has 0 radical (unpaired) electrons. The summed E-state index contributed by atoms with van der Waals surface area (Å²) in [6.07, 6.45) is 1.01. The molecular formula is C20H21BrN4O5S. The fraction of sp³-hybridized carbons (Fsp3) is 0.250. The lowest BCUT2D eigenvalue weighted by atomic mass is 10.2. The fourth-order valence-electron chi connectivity index (χ4n) is 3.08. The van der Waals surface area contributed by atoms with Crippen molar-refractivity contribution >= 4 is 54.1 Å². The highest BCUT2D eigenvalue weighted by atomic mass is 79.9. The van der Waals surface area contributed by atoms with Gasteiger partial charge in [0.25, 0.3) is 5.91 Å². The van der Waals surface area contributed by atoms with Crippen LogP contribution in [-0.4, -0.2) is 43.3 Å². The molecule has 164 valence electrons. The van der Waals surface area contributed by atoms with E-state index in [-0.39, 0.29) is 11.6 Å². The van der Waals surface area contributed by atoms with Gasteiger partial charge in [0.1, 0.15) is 11.8 Å². The Morgan fingerprint density at radius 3 is 2.55 bits per heavy atom. The first-order valence-electron chi connectivity index (χ1n) is 9.30. The number of carbonyl (C=O) groups excluding carboxylic acids is 1. The van der Waals surface area contributed by atoms with Crippen LogP contribution in [0.25, 0.3) is 10.9 Å². The molecule has 1 atom stereocenters. The average Bonchev–Trinajstić information content (AvgIpc) is 3.01. The summed E-state index contributed by atoms with van der Waals surface area (Å²) in [4.78, 5) is 15.4. The molecule has 0 aliphatic carbocycles. The number of benzene rings is 2. The number of anilines is 1. The molecule has 0 saturated heterocycles. The van der Waals surface area contributed by atoms with E-state index < -0.39 is 22.0 Å². The van der Waals surface area contributed by atoms with Gasteiger partial charge in [0, 0.05) is 9.86 Å². The molecule has 3 rings (SSSR count). The monoisotopic (exact) mass is 508 g/mol. The Labute approximate surface area is 187 Å². The Morgan fingerprint density at radius 2 is 1.94 bits per heavy atom. The van der Waals surface area contributed by atoms with Crippen molar-refractivity contribution < 1.29 is 23.1 Å². The van der Waals surface area contributed by atoms with Crippen LogP contribution in [-0.2, 0) is 14.8 Å². The smallest absolute Gasteiger partial charge is 0.287 e. The van der Waals surface area contributed by atoms with Gasteiger partial charge in [0.15, 0.2) is 5.69 Å². The number of sulfonamides is 1. The number of fused-ring (bicyclic) bond motifs is 1. The molecule has 1 heterocycles. The molecule has 9 nitrogen and oxygen atoms in total. The van der Waals surface area contributed by atoms with Gasteiger partial charge in [-0.1, -0.05) is 15.9 Å². The predicted octanol–water partition coefficient (Wildman–Crippen LogP) is 4.50. The SMILES string of the molecule is CCOc1ccc(N([C@H](C)C(=O)N=Nc2c(O)[nH]c3ccc(Br)cc23)S(C)(=O)=O)cc1. The summed E-state index contributed by atoms with van der Waals surface area (Å²) in [5.41, 5.74) is 0.993. The summed E-state index contributed by atoms with van der Waals surface area (Å²) in [6, 6.07) is 10.4. The molecule has 0 saturated carbocycles. The number of ether oxygens (including phenoxy) is 1. The lowest BCUT2D eigenvalue weighted by Crippen LogP contribution is -2.42. The lowest BCUT2D eigenvalue weighted by molar-refractivity contribution is -0.119. The van der Waals surface area contributed by atoms with Crippen LogP contribution >= 0.6 is 15.9 Å². The number of aromatic amines is 1. The number of nitrogens with zero attached hydrogens (tertiary/aromatic N) is 3. The highest BCUT2D eigenvalue weighted by molar-refractivity contribution is 9.10. The zero-order valence-corrected chi connectivity index (χ0v) is 19.4. The third-order valence-electron chi connectivity index (χ3n) is 4.43. The second kappa shape index (κ2) is 9.06. The maximum atomic E-state index is 12.7. The number of carbonyl (C=O) groups is 1. The minimum Gasteiger partial charge on any atom is -0.494 e. The highest BCUT2D eigenvalue weighted by Crippen LogP contribution is 2.37. The number of azo groups is 1. The van der Waals surface area contributed by atoms with Gasteiger partial charge in [-0.05, 0) is 56.3 Å². The number of hydrogen-bond acceptors (Lipinski definition) is 6. The Bertz CT molecular complexity index is 1240. The van der Waals surface area contributed by atoms with Crippen LogP contribution in [0.3, 0.4) is 0 Å². The number of H-pyrrole nitrogens is 1. The number of rotatable bonds is 7. The van der Waals surface area contributed by atoms with E-state index in [1.54, 1.807) is 42.5 Å². The van der Waals surface area contributed by atoms with Crippen LogP contribution in [0.15, 0.2) is 57.2 Å². The van der Waals surface area contributed by atoms with Crippen LogP contribution in [0.1, 0.15) is 13.8 Å². The van der Waals surface area contributed by atoms with Gasteiger partial charge in [0.05, 0.1) is 24.1 Å². The Balaban J connectivity index is 1.90. The molecule has 1 aromatic heterocycles. The van der Waals surface area contributed by atoms with E-state index >= 15 is 0 Å². The van der Waals surface area contributed by atoms with E-state index in [0.717, 1.165) is 15.0 Å². The lowest BCUT2D eigenvalue weighted by Gasteiger charge is -2.26. The molecule has 0 aliphatic heterocycles. The summed E-state index contributed by atoms with van der Waals surface area (Å²) >= 11 is 3.34. The van der Waals surface area contributed by atoms with E-state index in [0.29, 0.717) is 28.9 Å². The molecule has 0 unspecified atom stereocenters. The highest BCUT2D eigenvalue weighted by Gasteiger charge is 2.29. The van der Waals surface area contributed by atoms with E-state index in [4.69, 9.17) is 4.74 Å². The van der Waals surface area contributed by atoms with Gasteiger partial charge >= 0.3 is 0 Å². The maximum Gasteiger partial charge on any atom is 0.287 e. The Kier molecular flexibility index (Phi) is 6.65. The molecule has 3 aromatic rings. The molecule has 31 heavy (non-hydrogen) atoms. The zero-order chi connectivity index (χ0) is 22.8. The molecule has 1 amide bonds. The normalized spacial score (nSPS) is 12.9. The summed E-state index contributed by atoms with van der Waals surface area (Å²) in [6.45, 7) is 3.73. The second-order valence-electron chi connectivity index (χ2n) is 6.71. The fourth-order valence-corrected chi connectivity index (χ4v) is 4.61. The van der Waals surface area contributed by atoms with Crippen molar-refractivity contribution in [2.75, 3.05) is 17.2 Å². The maximum absolute atomic E-state index is 12.7. The van der Waals surface area contributed by atoms with Crippen LogP contribution in [0, 0.1) is 0 Å². The van der Waals surface area contributed by atoms with Crippen molar-refractivity contribution in [2.24, 2.45) is 10.2 Å². The molecule has 2 N–H and O–H groups in total. The van der Waals surface area contributed by atoms with Crippen molar-refractivity contribution in [3.05, 3.63) is 46.9 Å². The average molecular weight is 509 g/mol. The van der Waals surface area contributed by atoms with Gasteiger partial charge in [-0.15, -0.1) is 10.2 Å². The molecule has 11 heteroatoms. The molecule has 0 aliphatic rings. The van der Waals surface area contributed by atoms with Crippen molar-refractivity contribution in [2.45, 2.75) is 19.9 Å². The summed E-state index contributed by atoms with van der Waals surface area (Å²) < 4.78 is 31.9. The number of halogens is 1. The first-order chi connectivity index (χ1) is 14.6. The van der Waals surface area contributed by atoms with Crippen LogP contribution < -0.4 is 9.04 Å². The van der Waals surface area contributed by atoms with Gasteiger partial charge in [-0.3, -0.25) is 9.10 Å². The molecule has 0 spiro atoms. The quantitative estimate of drug-likeness (QED) is 0.454. The van der Waals surface area contributed by atoms with Gasteiger partial charge in [0.2, 0.25) is 15.9 Å². The molecule has 2 aromatic carbocycles. The molecular weight excluding hydrogens is 488 g/mol. The number of aromatic hydroxyl groups is 1. The van der Waals surface area contributed by atoms with Crippen molar-refractivity contribution in [3.8, 4) is 11.6 Å². The Morgan fingerprint density at radius 1 is 1.26 bits per heavy atom. The predicted molar refractivity (Wildman–Crippen MR) is 122 cm³/mol. The Hall–Kier alpha value is -2.92. The van der Waals surface area contributed by atoms with Gasteiger partial charge < -0.3 is 14.8 Å². The van der Waals surface area contributed by atoms with Crippen molar-refractivity contribution in [1.29, 1.82) is 0 Å². The minimum absolute atomic E-state index is 0.0869. The van der Waals surface area contributed by atoms with Crippen LogP contribution in [0.5, 0.6) is 11.6 Å². The van der Waals surface area contributed by atoms with E-state index in [2.05, 4.69) is 31.1 Å². The topological polar surface area (TPSA) is 124 Å². The zero-order valence-electron chi connectivity index (χ0n) is 17.0. The minimum atomic E-state index is -3.80. The van der Waals surface area contributed by atoms with E-state index in [1.807, 2.05) is 6.92 Å². The third kappa shape index (κ3) is 5.05. The van der Waals surface area contributed by atoms with Gasteiger partial charge in [-0.2, -0.15) is 0 Å². The van der Waals surface area contributed by atoms with Crippen LogP contribution in [0.2, 0.25) is 0 Å². The molecule has 0 bridgehead atoms. The summed E-state index contributed by atoms with van der Waals surface area (Å²) in [5, 5.41) is 18.2. The van der Waals surface area contributed by atoms with Crippen LogP contribution in [0.4, 0.5) is 11.4 Å². The third-order valence-corrected chi connectivity index (χ3v) is 6.17. The standard InChI is InChI=1S/C20H21BrN4O5S/c1-4-30-15-8-6-14(7-9-15)25(31(3,28)29)12(2)19(26)24-23-18-16-11-13(21)5-10-17(16)22-20(18)27/h5-12,22,27H,4H2,1-3H3/t12-/m1/s1.